The molecule has 0 aliphatic carbocycles. The number of benzene rings is 2. The van der Waals surface area contributed by atoms with Crippen molar-refractivity contribution in [3.8, 4) is 11.4 Å². The molecule has 0 atom stereocenters. The maximum atomic E-state index is 12.9. The van der Waals surface area contributed by atoms with Crippen LogP contribution in [0.1, 0.15) is 5.82 Å². The average Bonchev–Trinajstić information content (AvgIpc) is 3.39. The van der Waals surface area contributed by atoms with Crippen molar-refractivity contribution >= 4 is 11.2 Å². The number of hydrogen-bond donors (Lipinski definition) is 0. The molecule has 28 heavy (non-hydrogen) atoms. The fourth-order valence-corrected chi connectivity index (χ4v) is 2.93. The highest BCUT2D eigenvalue weighted by Gasteiger charge is 2.15. The van der Waals surface area contributed by atoms with E-state index < -0.39 is 0 Å². The zero-order chi connectivity index (χ0) is 18.9. The number of rotatable bonds is 4. The van der Waals surface area contributed by atoms with E-state index in [-0.39, 0.29) is 17.6 Å². The summed E-state index contributed by atoms with van der Waals surface area (Å²) in [6, 6.07) is 18.9. The van der Waals surface area contributed by atoms with Crippen LogP contribution in [0.5, 0.6) is 0 Å². The van der Waals surface area contributed by atoms with E-state index in [1.54, 1.807) is 4.68 Å². The molecule has 0 saturated carbocycles. The monoisotopic (exact) mass is 371 g/mol. The van der Waals surface area contributed by atoms with Gasteiger partial charge in [0.15, 0.2) is 17.0 Å². The topological polar surface area (TPSA) is 109 Å². The number of tetrazole rings is 1. The summed E-state index contributed by atoms with van der Waals surface area (Å²) in [4.78, 5) is 17.3. The first-order valence-electron chi connectivity index (χ1n) is 8.50. The number of nitrogens with zero attached hydrogens (tertiary/aromatic N) is 9. The molecular formula is C18H13N9O. The molecule has 0 N–H and O–H groups in total. The van der Waals surface area contributed by atoms with Crippen LogP contribution >= 0.6 is 0 Å². The molecule has 10 nitrogen and oxygen atoms in total. The van der Waals surface area contributed by atoms with Gasteiger partial charge in [-0.15, -0.1) is 10.2 Å². The van der Waals surface area contributed by atoms with E-state index in [0.29, 0.717) is 11.5 Å². The van der Waals surface area contributed by atoms with E-state index in [1.165, 1.54) is 15.6 Å². The fraction of sp³-hybridized carbons (Fsp3) is 0.0556. The van der Waals surface area contributed by atoms with Crippen molar-refractivity contribution in [3.05, 3.63) is 83.2 Å². The molecule has 0 fully saturated rings. The van der Waals surface area contributed by atoms with Crippen LogP contribution in [0, 0.1) is 0 Å². The molecule has 0 aliphatic heterocycles. The van der Waals surface area contributed by atoms with Gasteiger partial charge in [-0.25, -0.2) is 4.98 Å². The van der Waals surface area contributed by atoms with Crippen molar-refractivity contribution in [1.82, 2.24) is 44.8 Å². The van der Waals surface area contributed by atoms with Gasteiger partial charge in [-0.1, -0.05) is 41.6 Å². The highest BCUT2D eigenvalue weighted by molar-refractivity contribution is 5.70. The molecule has 0 bridgehead atoms. The smallest absolute Gasteiger partial charge is 0.283 e. The maximum absolute atomic E-state index is 12.9. The van der Waals surface area contributed by atoms with Crippen LogP contribution in [0.3, 0.4) is 0 Å². The third-order valence-electron chi connectivity index (χ3n) is 4.28. The Hall–Kier alpha value is -4.21. The van der Waals surface area contributed by atoms with Gasteiger partial charge in [-0.2, -0.15) is 9.36 Å². The van der Waals surface area contributed by atoms with Crippen LogP contribution in [0.2, 0.25) is 0 Å². The fourth-order valence-electron chi connectivity index (χ4n) is 2.93. The summed E-state index contributed by atoms with van der Waals surface area (Å²) in [7, 11) is 0. The number of hydrogen-bond acceptors (Lipinski definition) is 7. The molecule has 0 radical (unpaired) electrons. The predicted molar refractivity (Wildman–Crippen MR) is 99.2 cm³/mol. The van der Waals surface area contributed by atoms with E-state index in [0.717, 1.165) is 11.4 Å². The molecule has 0 unspecified atom stereocenters. The highest BCUT2D eigenvalue weighted by atomic mass is 16.1. The Bertz CT molecular complexity index is 1310. The first kappa shape index (κ1) is 16.0. The van der Waals surface area contributed by atoms with Gasteiger partial charge in [0.25, 0.3) is 5.56 Å². The van der Waals surface area contributed by atoms with E-state index in [2.05, 4.69) is 30.8 Å². The quantitative estimate of drug-likeness (QED) is 0.463. The van der Waals surface area contributed by atoms with Crippen molar-refractivity contribution in [2.24, 2.45) is 0 Å². The molecule has 3 aromatic heterocycles. The molecule has 5 aromatic rings. The average molecular weight is 371 g/mol. The van der Waals surface area contributed by atoms with Gasteiger partial charge < -0.3 is 0 Å². The Labute approximate surface area is 157 Å². The van der Waals surface area contributed by atoms with Crippen LogP contribution < -0.4 is 5.56 Å². The summed E-state index contributed by atoms with van der Waals surface area (Å²) >= 11 is 0. The van der Waals surface area contributed by atoms with Gasteiger partial charge in [0, 0.05) is 0 Å². The summed E-state index contributed by atoms with van der Waals surface area (Å²) in [5, 5.41) is 19.9. The largest absolute Gasteiger partial charge is 0.289 e. The summed E-state index contributed by atoms with van der Waals surface area (Å²) < 4.78 is 4.53. The van der Waals surface area contributed by atoms with Gasteiger partial charge in [0.2, 0.25) is 0 Å². The summed E-state index contributed by atoms with van der Waals surface area (Å²) in [6.45, 7) is 0.155. The second kappa shape index (κ2) is 6.50. The van der Waals surface area contributed by atoms with Crippen LogP contribution in [0.25, 0.3) is 22.5 Å². The lowest BCUT2D eigenvalue weighted by Crippen LogP contribution is -2.23. The van der Waals surface area contributed by atoms with Crippen LogP contribution in [-0.2, 0) is 6.54 Å². The summed E-state index contributed by atoms with van der Waals surface area (Å²) in [5.74, 6) is 0.505. The van der Waals surface area contributed by atoms with Crippen molar-refractivity contribution in [1.29, 1.82) is 0 Å². The standard InChI is InChI=1S/C18H13N9O/c28-18-16-17(27(23-21-16)14-9-5-2-6-10-14)19-12-25(18)11-15-20-22-24-26(15)13-7-3-1-4-8-13/h1-10,12H,11H2. The lowest BCUT2D eigenvalue weighted by atomic mass is 10.3. The first-order chi connectivity index (χ1) is 13.8. The molecule has 136 valence electrons. The molecule has 5 rings (SSSR count). The zero-order valence-electron chi connectivity index (χ0n) is 14.5. The van der Waals surface area contributed by atoms with E-state index in [1.807, 2.05) is 60.7 Å². The van der Waals surface area contributed by atoms with Gasteiger partial charge in [-0.05, 0) is 34.7 Å². The number of para-hydroxylation sites is 2. The summed E-state index contributed by atoms with van der Waals surface area (Å²) in [5.41, 5.74) is 1.86. The SMILES string of the molecule is O=c1c2nnn(-c3ccccc3)c2ncn1Cc1nnnn1-c1ccccc1. The first-order valence-corrected chi connectivity index (χ1v) is 8.50. The molecule has 10 heteroatoms. The minimum absolute atomic E-state index is 0.155. The van der Waals surface area contributed by atoms with E-state index >= 15 is 0 Å². The second-order valence-electron chi connectivity index (χ2n) is 6.03. The van der Waals surface area contributed by atoms with Gasteiger partial charge in [0.1, 0.15) is 6.33 Å². The maximum Gasteiger partial charge on any atom is 0.283 e. The third kappa shape index (κ3) is 2.63. The van der Waals surface area contributed by atoms with Crippen molar-refractivity contribution in [2.45, 2.75) is 6.54 Å². The predicted octanol–water partition coefficient (Wildman–Crippen LogP) is 1.00. The van der Waals surface area contributed by atoms with Gasteiger partial charge in [0.05, 0.1) is 17.9 Å². The number of aromatic nitrogens is 9. The molecule has 3 heterocycles. The van der Waals surface area contributed by atoms with Crippen LogP contribution in [-0.4, -0.2) is 44.8 Å². The molecule has 0 aliphatic rings. The Balaban J connectivity index is 1.55. The molecule has 2 aromatic carbocycles. The van der Waals surface area contributed by atoms with E-state index in [4.69, 9.17) is 0 Å². The van der Waals surface area contributed by atoms with Gasteiger partial charge >= 0.3 is 0 Å². The minimum Gasteiger partial charge on any atom is -0.289 e. The summed E-state index contributed by atoms with van der Waals surface area (Å²) in [6.07, 6.45) is 1.46. The van der Waals surface area contributed by atoms with Gasteiger partial charge in [-0.3, -0.25) is 9.36 Å². The highest BCUT2D eigenvalue weighted by Crippen LogP contribution is 2.12. The normalized spacial score (nSPS) is 11.1. The minimum atomic E-state index is -0.310. The van der Waals surface area contributed by atoms with Crippen molar-refractivity contribution < 1.29 is 0 Å². The zero-order valence-corrected chi connectivity index (χ0v) is 14.5. The van der Waals surface area contributed by atoms with Crippen LogP contribution in [0.4, 0.5) is 0 Å². The molecule has 0 saturated heterocycles. The Morgan fingerprint density at radius 3 is 2.18 bits per heavy atom. The van der Waals surface area contributed by atoms with E-state index in [9.17, 15) is 4.79 Å². The molecule has 0 spiro atoms. The Morgan fingerprint density at radius 1 is 0.786 bits per heavy atom. The van der Waals surface area contributed by atoms with Crippen molar-refractivity contribution in [3.63, 3.8) is 0 Å². The second-order valence-corrected chi connectivity index (χ2v) is 6.03. The van der Waals surface area contributed by atoms with Crippen LogP contribution in [0.15, 0.2) is 71.8 Å². The Morgan fingerprint density at radius 2 is 1.46 bits per heavy atom. The Kier molecular flexibility index (Phi) is 3.72. The number of fused-ring (bicyclic) bond motifs is 1. The van der Waals surface area contributed by atoms with Crippen molar-refractivity contribution in [2.75, 3.05) is 0 Å². The molecule has 0 amide bonds. The third-order valence-corrected chi connectivity index (χ3v) is 4.28. The lowest BCUT2D eigenvalue weighted by Gasteiger charge is -2.06. The molecular weight excluding hydrogens is 358 g/mol. The lowest BCUT2D eigenvalue weighted by molar-refractivity contribution is 0.674.